The molecule has 3 heteroatoms. The van der Waals surface area contributed by atoms with Crippen molar-refractivity contribution in [1.82, 2.24) is 9.78 Å². The Labute approximate surface area is 102 Å². The number of hydrogen-bond acceptors (Lipinski definition) is 2. The summed E-state index contributed by atoms with van der Waals surface area (Å²) in [5.41, 5.74) is 5.05. The summed E-state index contributed by atoms with van der Waals surface area (Å²) in [7, 11) is 0. The molecule has 90 valence electrons. The van der Waals surface area contributed by atoms with E-state index in [0.29, 0.717) is 0 Å². The van der Waals surface area contributed by atoms with Crippen LogP contribution in [0.2, 0.25) is 0 Å². The average molecular weight is 229 g/mol. The highest BCUT2D eigenvalue weighted by Gasteiger charge is 2.00. The van der Waals surface area contributed by atoms with E-state index in [9.17, 15) is 0 Å². The lowest BCUT2D eigenvalue weighted by Gasteiger charge is -2.08. The van der Waals surface area contributed by atoms with Crippen LogP contribution in [0.25, 0.3) is 0 Å². The van der Waals surface area contributed by atoms with Gasteiger partial charge in [-0.25, -0.2) is 0 Å². The van der Waals surface area contributed by atoms with Crippen molar-refractivity contribution in [3.63, 3.8) is 0 Å². The van der Waals surface area contributed by atoms with Crippen molar-refractivity contribution in [1.29, 1.82) is 0 Å². The molecule has 0 unspecified atom stereocenters. The van der Waals surface area contributed by atoms with Crippen LogP contribution >= 0.6 is 0 Å². The Hall–Kier alpha value is -1.77. The highest BCUT2D eigenvalue weighted by Crippen LogP contribution is 2.13. The van der Waals surface area contributed by atoms with Crippen LogP contribution in [-0.2, 0) is 13.1 Å². The minimum absolute atomic E-state index is 0.849. The van der Waals surface area contributed by atoms with Gasteiger partial charge in [-0.2, -0.15) is 5.10 Å². The van der Waals surface area contributed by atoms with Gasteiger partial charge in [-0.15, -0.1) is 0 Å². The molecule has 1 aromatic carbocycles. The molecule has 0 saturated heterocycles. The largest absolute Gasteiger partial charge is 0.378 e. The topological polar surface area (TPSA) is 29.9 Å². The maximum absolute atomic E-state index is 4.24. The first-order chi connectivity index (χ1) is 8.19. The molecular formula is C14H19N3. The molecule has 0 fully saturated rings. The monoisotopic (exact) mass is 229 g/mol. The molecule has 1 N–H and O–H groups in total. The number of anilines is 1. The van der Waals surface area contributed by atoms with Gasteiger partial charge in [0.25, 0.3) is 0 Å². The zero-order chi connectivity index (χ0) is 12.3. The SMILES string of the molecule is CCn1cc(NCc2ccc(C)cc2C)cn1. The van der Waals surface area contributed by atoms with Gasteiger partial charge in [0.05, 0.1) is 11.9 Å². The van der Waals surface area contributed by atoms with Crippen molar-refractivity contribution < 1.29 is 0 Å². The molecule has 17 heavy (non-hydrogen) atoms. The Morgan fingerprint density at radius 2 is 2.12 bits per heavy atom. The third-order valence-electron chi connectivity index (χ3n) is 2.94. The van der Waals surface area contributed by atoms with Crippen LogP contribution in [0.1, 0.15) is 23.6 Å². The molecule has 1 aromatic heterocycles. The summed E-state index contributed by atoms with van der Waals surface area (Å²) in [6.45, 7) is 8.11. The van der Waals surface area contributed by atoms with Crippen molar-refractivity contribution in [2.24, 2.45) is 0 Å². The van der Waals surface area contributed by atoms with Crippen LogP contribution in [0.3, 0.4) is 0 Å². The van der Waals surface area contributed by atoms with Crippen molar-refractivity contribution in [2.45, 2.75) is 33.9 Å². The van der Waals surface area contributed by atoms with Crippen LogP contribution in [0, 0.1) is 13.8 Å². The summed E-state index contributed by atoms with van der Waals surface area (Å²) >= 11 is 0. The third-order valence-corrected chi connectivity index (χ3v) is 2.94. The molecule has 0 bridgehead atoms. The maximum atomic E-state index is 4.24. The average Bonchev–Trinajstić information content (AvgIpc) is 2.76. The summed E-state index contributed by atoms with van der Waals surface area (Å²) in [6, 6.07) is 6.55. The van der Waals surface area contributed by atoms with Gasteiger partial charge in [0.2, 0.25) is 0 Å². The van der Waals surface area contributed by atoms with E-state index in [1.807, 2.05) is 17.1 Å². The zero-order valence-corrected chi connectivity index (χ0v) is 10.7. The minimum atomic E-state index is 0.849. The molecule has 0 amide bonds. The first-order valence-electron chi connectivity index (χ1n) is 6.01. The lowest BCUT2D eigenvalue weighted by Crippen LogP contribution is -2.01. The first-order valence-corrected chi connectivity index (χ1v) is 6.01. The van der Waals surface area contributed by atoms with Crippen LogP contribution in [0.15, 0.2) is 30.6 Å². The van der Waals surface area contributed by atoms with E-state index >= 15 is 0 Å². The standard InChI is InChI=1S/C14H19N3/c1-4-17-10-14(9-16-17)15-8-13-6-5-11(2)7-12(13)3/h5-7,9-10,15H,4,8H2,1-3H3. The molecule has 0 aliphatic rings. The molecule has 1 heterocycles. The molecule has 0 aliphatic carbocycles. The van der Waals surface area contributed by atoms with Crippen LogP contribution in [0.5, 0.6) is 0 Å². The van der Waals surface area contributed by atoms with Crippen molar-refractivity contribution >= 4 is 5.69 Å². The van der Waals surface area contributed by atoms with Gasteiger partial charge in [-0.1, -0.05) is 23.8 Å². The fourth-order valence-corrected chi connectivity index (χ4v) is 1.87. The molecule has 2 aromatic rings. The molecule has 0 saturated carbocycles. The van der Waals surface area contributed by atoms with E-state index in [-0.39, 0.29) is 0 Å². The van der Waals surface area contributed by atoms with Crippen molar-refractivity contribution in [3.8, 4) is 0 Å². The smallest absolute Gasteiger partial charge is 0.0729 e. The molecule has 3 nitrogen and oxygen atoms in total. The normalized spacial score (nSPS) is 10.5. The number of nitrogens with one attached hydrogen (secondary N) is 1. The van der Waals surface area contributed by atoms with Crippen molar-refractivity contribution in [3.05, 3.63) is 47.3 Å². The summed E-state index contributed by atoms with van der Waals surface area (Å²) in [6.07, 6.45) is 3.90. The summed E-state index contributed by atoms with van der Waals surface area (Å²) in [5.74, 6) is 0. The van der Waals surface area contributed by atoms with Crippen LogP contribution < -0.4 is 5.32 Å². The molecule has 0 atom stereocenters. The third kappa shape index (κ3) is 2.87. The van der Waals surface area contributed by atoms with Crippen molar-refractivity contribution in [2.75, 3.05) is 5.32 Å². The fourth-order valence-electron chi connectivity index (χ4n) is 1.87. The van der Waals surface area contributed by atoms with E-state index in [1.165, 1.54) is 16.7 Å². The second-order valence-electron chi connectivity index (χ2n) is 4.37. The minimum Gasteiger partial charge on any atom is -0.378 e. The zero-order valence-electron chi connectivity index (χ0n) is 10.7. The van der Waals surface area contributed by atoms with Gasteiger partial charge >= 0.3 is 0 Å². The first kappa shape index (κ1) is 11.7. The Morgan fingerprint density at radius 3 is 2.76 bits per heavy atom. The van der Waals surface area contributed by atoms with Gasteiger partial charge in [0.15, 0.2) is 0 Å². The number of nitrogens with zero attached hydrogens (tertiary/aromatic N) is 2. The summed E-state index contributed by atoms with van der Waals surface area (Å²) in [4.78, 5) is 0. The number of benzene rings is 1. The number of aryl methyl sites for hydroxylation is 3. The molecule has 2 rings (SSSR count). The highest BCUT2D eigenvalue weighted by atomic mass is 15.3. The highest BCUT2D eigenvalue weighted by molar-refractivity contribution is 5.40. The molecule has 0 radical (unpaired) electrons. The Bertz CT molecular complexity index is 500. The van der Waals surface area contributed by atoms with E-state index in [1.54, 1.807) is 0 Å². The summed E-state index contributed by atoms with van der Waals surface area (Å²) in [5, 5.41) is 7.63. The van der Waals surface area contributed by atoms with E-state index in [2.05, 4.69) is 49.4 Å². The van der Waals surface area contributed by atoms with Gasteiger partial charge in [0, 0.05) is 19.3 Å². The molecule has 0 spiro atoms. The van der Waals surface area contributed by atoms with Gasteiger partial charge < -0.3 is 5.32 Å². The number of hydrogen-bond donors (Lipinski definition) is 1. The number of rotatable bonds is 4. The second-order valence-corrected chi connectivity index (χ2v) is 4.37. The fraction of sp³-hybridized carbons (Fsp3) is 0.357. The quantitative estimate of drug-likeness (QED) is 0.873. The van der Waals surface area contributed by atoms with Gasteiger partial charge in [-0.05, 0) is 31.9 Å². The Kier molecular flexibility index (Phi) is 3.47. The van der Waals surface area contributed by atoms with E-state index in [4.69, 9.17) is 0 Å². The maximum Gasteiger partial charge on any atom is 0.0729 e. The van der Waals surface area contributed by atoms with E-state index in [0.717, 1.165) is 18.8 Å². The molecular weight excluding hydrogens is 210 g/mol. The Morgan fingerprint density at radius 1 is 1.29 bits per heavy atom. The second kappa shape index (κ2) is 5.04. The van der Waals surface area contributed by atoms with Crippen LogP contribution in [0.4, 0.5) is 5.69 Å². The predicted molar refractivity (Wildman–Crippen MR) is 71.1 cm³/mol. The number of aromatic nitrogens is 2. The van der Waals surface area contributed by atoms with E-state index < -0.39 is 0 Å². The predicted octanol–water partition coefficient (Wildman–Crippen LogP) is 3.13. The molecule has 0 aliphatic heterocycles. The lowest BCUT2D eigenvalue weighted by molar-refractivity contribution is 0.660. The van der Waals surface area contributed by atoms with Crippen LogP contribution in [-0.4, -0.2) is 9.78 Å². The van der Waals surface area contributed by atoms with Gasteiger partial charge in [0.1, 0.15) is 0 Å². The van der Waals surface area contributed by atoms with Gasteiger partial charge in [-0.3, -0.25) is 4.68 Å². The summed E-state index contributed by atoms with van der Waals surface area (Å²) < 4.78 is 1.92. The Balaban J connectivity index is 2.02. The lowest BCUT2D eigenvalue weighted by atomic mass is 10.1.